The minimum Gasteiger partial charge on any atom is -0.389 e. The van der Waals surface area contributed by atoms with Crippen LogP contribution in [0.15, 0.2) is 0 Å². The molecule has 4 aliphatic rings. The third-order valence-electron chi connectivity index (χ3n) is 6.39. The molecule has 2 heterocycles. The fourth-order valence-corrected chi connectivity index (χ4v) is 5.12. The summed E-state index contributed by atoms with van der Waals surface area (Å²) in [4.78, 5) is 17.0. The number of β-amino-alcohol motifs (C(OH)–C–C–N with tert-alkyl or cyclic N) is 1. The standard InChI is InChI=1S/C18H30N2O2/c21-17-7-4-14-12-19(13-18(22)9-2-1-3-10-18)11-8-16(14)20(17)15-5-6-15/h14-16,22H,1-13H2. The molecule has 2 saturated heterocycles. The van der Waals surface area contributed by atoms with Crippen molar-refractivity contribution in [2.75, 3.05) is 19.6 Å². The van der Waals surface area contributed by atoms with E-state index < -0.39 is 5.60 Å². The normalized spacial score (nSPS) is 36.2. The fraction of sp³-hybridized carbons (Fsp3) is 0.944. The Kier molecular flexibility index (Phi) is 3.93. The van der Waals surface area contributed by atoms with Gasteiger partial charge in [0.1, 0.15) is 0 Å². The number of piperidine rings is 2. The van der Waals surface area contributed by atoms with Crippen LogP contribution < -0.4 is 0 Å². The molecule has 1 N–H and O–H groups in total. The topological polar surface area (TPSA) is 43.8 Å². The SMILES string of the molecule is O=C1CCC2CN(CC3(O)CCCCC3)CCC2N1C1CC1. The molecule has 0 aromatic carbocycles. The lowest BCUT2D eigenvalue weighted by atomic mass is 9.81. The molecule has 4 heteroatoms. The highest BCUT2D eigenvalue weighted by Crippen LogP contribution is 2.39. The van der Waals surface area contributed by atoms with Gasteiger partial charge in [-0.2, -0.15) is 0 Å². The molecule has 0 radical (unpaired) electrons. The summed E-state index contributed by atoms with van der Waals surface area (Å²) in [6, 6.07) is 1.06. The van der Waals surface area contributed by atoms with Gasteiger partial charge in [-0.3, -0.25) is 4.79 Å². The fourth-order valence-electron chi connectivity index (χ4n) is 5.12. The first kappa shape index (κ1) is 14.9. The molecule has 0 aromatic heterocycles. The molecule has 0 bridgehead atoms. The molecule has 4 fully saturated rings. The number of carbonyl (C=O) groups excluding carboxylic acids is 1. The molecule has 2 saturated carbocycles. The smallest absolute Gasteiger partial charge is 0.223 e. The van der Waals surface area contributed by atoms with E-state index in [1.807, 2.05) is 0 Å². The van der Waals surface area contributed by atoms with Crippen molar-refractivity contribution in [3.63, 3.8) is 0 Å². The van der Waals surface area contributed by atoms with Gasteiger partial charge < -0.3 is 14.9 Å². The van der Waals surface area contributed by atoms with E-state index in [9.17, 15) is 9.90 Å². The van der Waals surface area contributed by atoms with Crippen LogP contribution >= 0.6 is 0 Å². The second-order valence-corrected chi connectivity index (χ2v) is 8.21. The van der Waals surface area contributed by atoms with Crippen LogP contribution in [0.4, 0.5) is 0 Å². The monoisotopic (exact) mass is 306 g/mol. The molecular formula is C18H30N2O2. The van der Waals surface area contributed by atoms with E-state index in [0.29, 0.717) is 23.9 Å². The van der Waals surface area contributed by atoms with Gasteiger partial charge in [0.05, 0.1) is 5.60 Å². The highest BCUT2D eigenvalue weighted by Gasteiger charge is 2.46. The third-order valence-corrected chi connectivity index (χ3v) is 6.39. The van der Waals surface area contributed by atoms with Gasteiger partial charge in [-0.1, -0.05) is 19.3 Å². The Bertz CT molecular complexity index is 429. The second-order valence-electron chi connectivity index (χ2n) is 8.21. The van der Waals surface area contributed by atoms with E-state index in [1.54, 1.807) is 0 Å². The summed E-state index contributed by atoms with van der Waals surface area (Å²) in [5, 5.41) is 10.8. The lowest BCUT2D eigenvalue weighted by Crippen LogP contribution is -2.58. The number of likely N-dealkylation sites (tertiary alicyclic amines) is 2. The number of nitrogens with zero attached hydrogens (tertiary/aromatic N) is 2. The Morgan fingerprint density at radius 1 is 1.09 bits per heavy atom. The van der Waals surface area contributed by atoms with Gasteiger partial charge in [-0.05, 0) is 44.4 Å². The van der Waals surface area contributed by atoms with E-state index in [2.05, 4.69) is 9.80 Å². The van der Waals surface area contributed by atoms with Gasteiger partial charge in [-0.15, -0.1) is 0 Å². The molecular weight excluding hydrogens is 276 g/mol. The minimum atomic E-state index is -0.439. The van der Waals surface area contributed by atoms with Crippen molar-refractivity contribution >= 4 is 5.91 Å². The summed E-state index contributed by atoms with van der Waals surface area (Å²) in [6.07, 6.45) is 11.0. The first-order valence-corrected chi connectivity index (χ1v) is 9.41. The molecule has 2 atom stereocenters. The van der Waals surface area contributed by atoms with Gasteiger partial charge >= 0.3 is 0 Å². The summed E-state index contributed by atoms with van der Waals surface area (Å²) < 4.78 is 0. The van der Waals surface area contributed by atoms with Crippen LogP contribution in [0.2, 0.25) is 0 Å². The molecule has 4 rings (SSSR count). The van der Waals surface area contributed by atoms with E-state index >= 15 is 0 Å². The maximum Gasteiger partial charge on any atom is 0.223 e. The van der Waals surface area contributed by atoms with Crippen molar-refractivity contribution in [3.8, 4) is 0 Å². The summed E-state index contributed by atoms with van der Waals surface area (Å²) >= 11 is 0. The summed E-state index contributed by atoms with van der Waals surface area (Å²) in [5.74, 6) is 1.04. The van der Waals surface area contributed by atoms with Crippen molar-refractivity contribution in [1.82, 2.24) is 9.80 Å². The Hall–Kier alpha value is -0.610. The predicted octanol–water partition coefficient (Wildman–Crippen LogP) is 2.16. The van der Waals surface area contributed by atoms with Crippen LogP contribution in [0.25, 0.3) is 0 Å². The first-order valence-electron chi connectivity index (χ1n) is 9.41. The van der Waals surface area contributed by atoms with E-state index in [0.717, 1.165) is 51.7 Å². The van der Waals surface area contributed by atoms with Crippen LogP contribution in [0.3, 0.4) is 0 Å². The Balaban J connectivity index is 1.38. The van der Waals surface area contributed by atoms with Gasteiger partial charge in [0.2, 0.25) is 5.91 Å². The van der Waals surface area contributed by atoms with Gasteiger partial charge in [-0.25, -0.2) is 0 Å². The van der Waals surface area contributed by atoms with E-state index in [-0.39, 0.29) is 0 Å². The maximum atomic E-state index is 12.3. The third kappa shape index (κ3) is 2.92. The first-order chi connectivity index (χ1) is 10.6. The maximum absolute atomic E-state index is 12.3. The van der Waals surface area contributed by atoms with Crippen molar-refractivity contribution < 1.29 is 9.90 Å². The highest BCUT2D eigenvalue weighted by atomic mass is 16.3. The zero-order valence-electron chi connectivity index (χ0n) is 13.7. The van der Waals surface area contributed by atoms with E-state index in [4.69, 9.17) is 0 Å². The zero-order chi connectivity index (χ0) is 15.2. The minimum absolute atomic E-state index is 0.406. The zero-order valence-corrected chi connectivity index (χ0v) is 13.7. The molecule has 2 unspecified atom stereocenters. The van der Waals surface area contributed by atoms with E-state index in [1.165, 1.54) is 32.1 Å². The lowest BCUT2D eigenvalue weighted by Gasteiger charge is -2.49. The highest BCUT2D eigenvalue weighted by molar-refractivity contribution is 5.78. The number of amides is 1. The van der Waals surface area contributed by atoms with Gasteiger partial charge in [0.25, 0.3) is 0 Å². The number of carbonyl (C=O) groups is 1. The molecule has 124 valence electrons. The number of rotatable bonds is 3. The number of aliphatic hydroxyl groups is 1. The summed E-state index contributed by atoms with van der Waals surface area (Å²) in [5.41, 5.74) is -0.439. The lowest BCUT2D eigenvalue weighted by molar-refractivity contribution is -0.142. The number of hydrogen-bond donors (Lipinski definition) is 1. The molecule has 22 heavy (non-hydrogen) atoms. The van der Waals surface area contributed by atoms with Crippen LogP contribution in [-0.2, 0) is 4.79 Å². The predicted molar refractivity (Wildman–Crippen MR) is 85.5 cm³/mol. The van der Waals surface area contributed by atoms with Crippen LogP contribution in [0, 0.1) is 5.92 Å². The molecule has 0 aromatic rings. The van der Waals surface area contributed by atoms with Crippen molar-refractivity contribution in [3.05, 3.63) is 0 Å². The van der Waals surface area contributed by atoms with Gasteiger partial charge in [0, 0.05) is 38.1 Å². The largest absolute Gasteiger partial charge is 0.389 e. The number of fused-ring (bicyclic) bond motifs is 1. The van der Waals surface area contributed by atoms with Crippen molar-refractivity contribution in [1.29, 1.82) is 0 Å². The van der Waals surface area contributed by atoms with Crippen LogP contribution in [0.5, 0.6) is 0 Å². The molecule has 2 aliphatic carbocycles. The van der Waals surface area contributed by atoms with Crippen molar-refractivity contribution in [2.24, 2.45) is 5.92 Å². The molecule has 4 nitrogen and oxygen atoms in total. The Morgan fingerprint density at radius 2 is 1.86 bits per heavy atom. The average Bonchev–Trinajstić information content (AvgIpc) is 3.32. The molecule has 0 spiro atoms. The Morgan fingerprint density at radius 3 is 2.59 bits per heavy atom. The molecule has 1 amide bonds. The van der Waals surface area contributed by atoms with Crippen LogP contribution in [0.1, 0.15) is 64.2 Å². The average molecular weight is 306 g/mol. The Labute approximate surface area is 133 Å². The summed E-state index contributed by atoms with van der Waals surface area (Å²) in [7, 11) is 0. The second kappa shape index (κ2) is 5.79. The quantitative estimate of drug-likeness (QED) is 0.869. The van der Waals surface area contributed by atoms with Crippen molar-refractivity contribution in [2.45, 2.75) is 81.9 Å². The number of hydrogen-bond acceptors (Lipinski definition) is 3. The van der Waals surface area contributed by atoms with Gasteiger partial charge in [0.15, 0.2) is 0 Å². The van der Waals surface area contributed by atoms with Crippen LogP contribution in [-0.4, -0.2) is 58.1 Å². The molecule has 2 aliphatic heterocycles. The summed E-state index contributed by atoms with van der Waals surface area (Å²) in [6.45, 7) is 3.00.